The minimum Gasteiger partial charge on any atom is -0.480 e. The van der Waals surface area contributed by atoms with Crippen LogP contribution in [0.2, 0.25) is 5.15 Å². The maximum absolute atomic E-state index is 11.1. The highest BCUT2D eigenvalue weighted by Gasteiger charge is 2.36. The average molecular weight is 258 g/mol. The van der Waals surface area contributed by atoms with Gasteiger partial charge in [0.15, 0.2) is 0 Å². The number of hydrogen-bond donors (Lipinski definition) is 2. The van der Waals surface area contributed by atoms with Crippen LogP contribution in [0.5, 0.6) is 0 Å². The monoisotopic (exact) mass is 257 g/mol. The predicted molar refractivity (Wildman–Crippen MR) is 63.9 cm³/mol. The number of carboxylic acids is 1. The Balaban J connectivity index is 2.03. The lowest BCUT2D eigenvalue weighted by Crippen LogP contribution is -2.38. The van der Waals surface area contributed by atoms with E-state index in [9.17, 15) is 4.79 Å². The lowest BCUT2D eigenvalue weighted by molar-refractivity contribution is -0.140. The molecule has 0 aromatic carbocycles. The summed E-state index contributed by atoms with van der Waals surface area (Å²) in [5, 5.41) is 16.9. The summed E-state index contributed by atoms with van der Waals surface area (Å²) < 4.78 is 1.60. The molecule has 2 rings (SSSR count). The summed E-state index contributed by atoms with van der Waals surface area (Å²) in [6, 6.07) is -0.467. The zero-order chi connectivity index (χ0) is 12.6. The van der Waals surface area contributed by atoms with E-state index in [0.29, 0.717) is 11.7 Å². The molecule has 0 bridgehead atoms. The van der Waals surface area contributed by atoms with Crippen LogP contribution in [-0.2, 0) is 18.4 Å². The summed E-state index contributed by atoms with van der Waals surface area (Å²) >= 11 is 6.09. The van der Waals surface area contributed by atoms with E-state index in [-0.39, 0.29) is 5.92 Å². The molecule has 0 aliphatic heterocycles. The lowest BCUT2D eigenvalue weighted by Gasteiger charge is -2.13. The quantitative estimate of drug-likeness (QED) is 0.835. The topological polar surface area (TPSA) is 67.2 Å². The molecule has 1 heterocycles. The summed E-state index contributed by atoms with van der Waals surface area (Å²) in [5.41, 5.74) is 1.71. The fourth-order valence-corrected chi connectivity index (χ4v) is 2.21. The van der Waals surface area contributed by atoms with Gasteiger partial charge in [-0.15, -0.1) is 0 Å². The maximum Gasteiger partial charge on any atom is 0.320 e. The average Bonchev–Trinajstić information content (AvgIpc) is 3.02. The van der Waals surface area contributed by atoms with Gasteiger partial charge in [0.25, 0.3) is 0 Å². The second kappa shape index (κ2) is 4.66. The van der Waals surface area contributed by atoms with Crippen LogP contribution in [0, 0.1) is 12.8 Å². The van der Waals surface area contributed by atoms with Crippen LogP contribution < -0.4 is 5.32 Å². The smallest absolute Gasteiger partial charge is 0.320 e. The number of rotatable bonds is 5. The number of aryl methyl sites for hydroxylation is 2. The number of nitrogens with zero attached hydrogens (tertiary/aromatic N) is 2. The van der Waals surface area contributed by atoms with Gasteiger partial charge in [-0.05, 0) is 25.7 Å². The van der Waals surface area contributed by atoms with Crippen molar-refractivity contribution < 1.29 is 9.90 Å². The van der Waals surface area contributed by atoms with Gasteiger partial charge >= 0.3 is 5.97 Å². The number of nitrogens with one attached hydrogen (secondary N) is 1. The molecule has 1 unspecified atom stereocenters. The van der Waals surface area contributed by atoms with E-state index < -0.39 is 12.0 Å². The molecule has 0 radical (unpaired) electrons. The van der Waals surface area contributed by atoms with Gasteiger partial charge in [0.05, 0.1) is 5.69 Å². The van der Waals surface area contributed by atoms with Gasteiger partial charge in [0.2, 0.25) is 0 Å². The Labute approximate surface area is 105 Å². The highest BCUT2D eigenvalue weighted by molar-refractivity contribution is 6.30. The Morgan fingerprint density at radius 2 is 2.35 bits per heavy atom. The Bertz CT molecular complexity index is 440. The maximum atomic E-state index is 11.1. The summed E-state index contributed by atoms with van der Waals surface area (Å²) in [5.74, 6) is -0.520. The first kappa shape index (κ1) is 12.4. The molecule has 1 aliphatic rings. The van der Waals surface area contributed by atoms with E-state index in [1.54, 1.807) is 11.7 Å². The molecule has 6 heteroatoms. The fraction of sp³-hybridized carbons (Fsp3) is 0.636. The normalized spacial score (nSPS) is 17.1. The van der Waals surface area contributed by atoms with Gasteiger partial charge in [-0.25, -0.2) is 0 Å². The zero-order valence-electron chi connectivity index (χ0n) is 9.90. The molecule has 0 saturated heterocycles. The largest absolute Gasteiger partial charge is 0.480 e. The van der Waals surface area contributed by atoms with E-state index in [4.69, 9.17) is 16.7 Å². The third-order valence-electron chi connectivity index (χ3n) is 3.13. The molecule has 1 aromatic heterocycles. The highest BCUT2D eigenvalue weighted by Crippen LogP contribution is 2.33. The molecular weight excluding hydrogens is 242 g/mol. The lowest BCUT2D eigenvalue weighted by atomic mass is 10.1. The molecule has 0 amide bonds. The molecular formula is C11H16ClN3O2. The minimum absolute atomic E-state index is 0.267. The van der Waals surface area contributed by atoms with Crippen molar-refractivity contribution in [1.82, 2.24) is 15.1 Å². The van der Waals surface area contributed by atoms with Crippen molar-refractivity contribution in [3.05, 3.63) is 16.4 Å². The van der Waals surface area contributed by atoms with E-state index in [0.717, 1.165) is 24.1 Å². The molecule has 1 saturated carbocycles. The molecule has 1 atom stereocenters. The van der Waals surface area contributed by atoms with Crippen LogP contribution in [0.4, 0.5) is 0 Å². The Kier molecular flexibility index (Phi) is 3.40. The number of carbonyl (C=O) groups is 1. The van der Waals surface area contributed by atoms with Crippen LogP contribution in [0.15, 0.2) is 0 Å². The van der Waals surface area contributed by atoms with Crippen LogP contribution in [-0.4, -0.2) is 26.9 Å². The van der Waals surface area contributed by atoms with Crippen molar-refractivity contribution >= 4 is 17.6 Å². The van der Waals surface area contributed by atoms with Crippen LogP contribution >= 0.6 is 11.6 Å². The first-order valence-corrected chi connectivity index (χ1v) is 6.02. The molecule has 1 fully saturated rings. The summed E-state index contributed by atoms with van der Waals surface area (Å²) in [7, 11) is 1.77. The Hall–Kier alpha value is -1.07. The van der Waals surface area contributed by atoms with Gasteiger partial charge in [0.1, 0.15) is 11.2 Å². The zero-order valence-corrected chi connectivity index (χ0v) is 10.7. The second-order valence-electron chi connectivity index (χ2n) is 4.51. The van der Waals surface area contributed by atoms with Crippen molar-refractivity contribution in [3.63, 3.8) is 0 Å². The number of carboxylic acid groups (broad SMARTS) is 1. The molecule has 1 aliphatic carbocycles. The summed E-state index contributed by atoms with van der Waals surface area (Å²) in [4.78, 5) is 11.1. The van der Waals surface area contributed by atoms with E-state index in [1.165, 1.54) is 0 Å². The summed E-state index contributed by atoms with van der Waals surface area (Å²) in [6.07, 6.45) is 1.98. The van der Waals surface area contributed by atoms with Gasteiger partial charge < -0.3 is 5.11 Å². The number of aliphatic carboxylic acids is 1. The fourth-order valence-electron chi connectivity index (χ4n) is 1.97. The van der Waals surface area contributed by atoms with Gasteiger partial charge in [0, 0.05) is 19.2 Å². The standard InChI is InChI=1S/C11H16ClN3O2/c1-6-8(10(12)15(2)14-6)5-13-9(11(16)17)7-3-4-7/h7,9,13H,3-5H2,1-2H3,(H,16,17). The Morgan fingerprint density at radius 3 is 2.76 bits per heavy atom. The van der Waals surface area contributed by atoms with Crippen molar-refractivity contribution in [3.8, 4) is 0 Å². The van der Waals surface area contributed by atoms with Crippen LogP contribution in [0.3, 0.4) is 0 Å². The van der Waals surface area contributed by atoms with Gasteiger partial charge in [-0.2, -0.15) is 5.10 Å². The molecule has 2 N–H and O–H groups in total. The van der Waals surface area contributed by atoms with Gasteiger partial charge in [-0.3, -0.25) is 14.8 Å². The Morgan fingerprint density at radius 1 is 1.71 bits per heavy atom. The molecule has 17 heavy (non-hydrogen) atoms. The van der Waals surface area contributed by atoms with Crippen molar-refractivity contribution in [2.75, 3.05) is 0 Å². The minimum atomic E-state index is -0.787. The summed E-state index contributed by atoms with van der Waals surface area (Å²) in [6.45, 7) is 2.32. The van der Waals surface area contributed by atoms with Gasteiger partial charge in [-0.1, -0.05) is 11.6 Å². The third kappa shape index (κ3) is 2.61. The number of aromatic nitrogens is 2. The van der Waals surface area contributed by atoms with Crippen LogP contribution in [0.25, 0.3) is 0 Å². The molecule has 0 spiro atoms. The first-order chi connectivity index (χ1) is 8.00. The second-order valence-corrected chi connectivity index (χ2v) is 4.87. The first-order valence-electron chi connectivity index (χ1n) is 5.65. The van der Waals surface area contributed by atoms with E-state index in [1.807, 2.05) is 6.92 Å². The number of halogens is 1. The third-order valence-corrected chi connectivity index (χ3v) is 3.60. The van der Waals surface area contributed by atoms with Crippen molar-refractivity contribution in [2.45, 2.75) is 32.4 Å². The number of hydrogen-bond acceptors (Lipinski definition) is 3. The molecule has 5 nitrogen and oxygen atoms in total. The van der Waals surface area contributed by atoms with E-state index >= 15 is 0 Å². The SMILES string of the molecule is Cc1nn(C)c(Cl)c1CNC(C(=O)O)C1CC1. The predicted octanol–water partition coefficient (Wildman–Crippen LogP) is 1.33. The van der Waals surface area contributed by atoms with E-state index in [2.05, 4.69) is 10.4 Å². The van der Waals surface area contributed by atoms with Crippen LogP contribution in [0.1, 0.15) is 24.1 Å². The molecule has 94 valence electrons. The van der Waals surface area contributed by atoms with Crippen molar-refractivity contribution in [1.29, 1.82) is 0 Å². The molecule has 1 aromatic rings. The highest BCUT2D eigenvalue weighted by atomic mass is 35.5. The van der Waals surface area contributed by atoms with Crippen molar-refractivity contribution in [2.24, 2.45) is 13.0 Å².